The summed E-state index contributed by atoms with van der Waals surface area (Å²) in [5.41, 5.74) is 0.302. The Balaban J connectivity index is 1.30. The van der Waals surface area contributed by atoms with Gasteiger partial charge in [-0.05, 0) is 43.4 Å². The number of hydrogen-bond donors (Lipinski definition) is 2. The summed E-state index contributed by atoms with van der Waals surface area (Å²) in [6.07, 6.45) is 7.16. The maximum Gasteiger partial charge on any atom is 0.330 e. The van der Waals surface area contributed by atoms with Crippen molar-refractivity contribution in [3.8, 4) is 28.9 Å². The molecular weight excluding hydrogens is 614 g/mol. The lowest BCUT2D eigenvalue weighted by atomic mass is 10.1. The van der Waals surface area contributed by atoms with E-state index in [1.54, 1.807) is 18.1 Å². The maximum absolute atomic E-state index is 14.4. The van der Waals surface area contributed by atoms with Gasteiger partial charge in [-0.1, -0.05) is 61.0 Å². The van der Waals surface area contributed by atoms with E-state index in [4.69, 9.17) is 14.2 Å². The first-order valence-electron chi connectivity index (χ1n) is 16.4. The molecule has 2 fully saturated rings. The number of nitrogens with zero attached hydrogens (tertiary/aromatic N) is 4. The molecule has 1 aromatic heterocycles. The minimum atomic E-state index is -1.39. The van der Waals surface area contributed by atoms with Gasteiger partial charge in [-0.2, -0.15) is 9.97 Å². The predicted molar refractivity (Wildman–Crippen MR) is 177 cm³/mol. The van der Waals surface area contributed by atoms with E-state index in [9.17, 15) is 19.5 Å². The zero-order chi connectivity index (χ0) is 33.7. The summed E-state index contributed by atoms with van der Waals surface area (Å²) < 4.78 is 17.1. The largest absolute Gasteiger partial charge is 0.497 e. The van der Waals surface area contributed by atoms with Gasteiger partial charge in [-0.15, -0.1) is 0 Å². The van der Waals surface area contributed by atoms with Gasteiger partial charge in [-0.3, -0.25) is 4.79 Å². The van der Waals surface area contributed by atoms with Gasteiger partial charge in [0.15, 0.2) is 5.82 Å². The number of hydrogen-bond acceptors (Lipinski definition) is 8. The summed E-state index contributed by atoms with van der Waals surface area (Å²) >= 11 is 0. The zero-order valence-electron chi connectivity index (χ0n) is 27.2. The highest BCUT2D eigenvalue weighted by Gasteiger charge is 2.61. The van der Waals surface area contributed by atoms with Gasteiger partial charge in [0.2, 0.25) is 17.7 Å². The van der Waals surface area contributed by atoms with E-state index in [1.165, 1.54) is 12.0 Å². The van der Waals surface area contributed by atoms with E-state index in [1.807, 2.05) is 66.7 Å². The highest BCUT2D eigenvalue weighted by Crippen LogP contribution is 2.45. The number of fused-ring (bicyclic) bond motifs is 2. The van der Waals surface area contributed by atoms with Crippen molar-refractivity contribution in [2.75, 3.05) is 27.3 Å². The Morgan fingerprint density at radius 3 is 2.50 bits per heavy atom. The van der Waals surface area contributed by atoms with Crippen molar-refractivity contribution in [1.82, 2.24) is 25.1 Å². The van der Waals surface area contributed by atoms with Crippen molar-refractivity contribution in [3.05, 3.63) is 78.4 Å². The number of amides is 3. The van der Waals surface area contributed by atoms with E-state index in [0.717, 1.165) is 36.8 Å². The number of nitrogens with one attached hydrogen (secondary N) is 1. The van der Waals surface area contributed by atoms with Crippen molar-refractivity contribution < 1.29 is 33.7 Å². The average Bonchev–Trinajstić information content (AvgIpc) is 3.64. The zero-order valence-corrected chi connectivity index (χ0v) is 27.2. The average molecular weight is 656 g/mol. The van der Waals surface area contributed by atoms with Crippen LogP contribution in [0.4, 0.5) is 4.79 Å². The highest BCUT2D eigenvalue weighted by atomic mass is 16.5. The van der Waals surface area contributed by atoms with Crippen LogP contribution < -0.4 is 19.5 Å². The lowest BCUT2D eigenvalue weighted by molar-refractivity contribution is -0.144. The second kappa shape index (κ2) is 14.3. The van der Waals surface area contributed by atoms with Crippen molar-refractivity contribution in [3.63, 3.8) is 0 Å². The number of aromatic nitrogens is 2. The van der Waals surface area contributed by atoms with Crippen LogP contribution >= 0.6 is 0 Å². The lowest BCUT2D eigenvalue weighted by Gasteiger charge is -2.32. The van der Waals surface area contributed by atoms with Gasteiger partial charge in [0, 0.05) is 31.0 Å². The maximum atomic E-state index is 14.4. The molecule has 12 heteroatoms. The summed E-state index contributed by atoms with van der Waals surface area (Å²) in [4.78, 5) is 53.1. The second-order valence-electron chi connectivity index (χ2n) is 12.5. The fourth-order valence-electron chi connectivity index (χ4n) is 6.44. The molecule has 0 spiro atoms. The number of carboxylic acids is 1. The number of benzene rings is 2. The fourth-order valence-corrected chi connectivity index (χ4v) is 6.44. The van der Waals surface area contributed by atoms with E-state index < -0.39 is 29.6 Å². The molecule has 0 unspecified atom stereocenters. The third-order valence-corrected chi connectivity index (χ3v) is 9.23. The number of urea groups is 1. The third-order valence-electron chi connectivity index (χ3n) is 9.23. The molecule has 3 amide bonds. The van der Waals surface area contributed by atoms with Gasteiger partial charge < -0.3 is 34.4 Å². The first kappa shape index (κ1) is 32.8. The van der Waals surface area contributed by atoms with E-state index in [2.05, 4.69) is 15.3 Å². The van der Waals surface area contributed by atoms with Crippen molar-refractivity contribution in [1.29, 1.82) is 0 Å². The molecule has 1 saturated heterocycles. The molecule has 3 heterocycles. The van der Waals surface area contributed by atoms with Crippen LogP contribution in [-0.2, 0) is 16.1 Å². The van der Waals surface area contributed by atoms with Crippen LogP contribution in [0.2, 0.25) is 0 Å². The molecule has 1 aliphatic carbocycles. The molecule has 2 N–H and O–H groups in total. The van der Waals surface area contributed by atoms with E-state index in [0.29, 0.717) is 37.0 Å². The minimum absolute atomic E-state index is 0.104. The standard InChI is InChI=1S/C36H41N5O7/c1-46-27-16-14-24(15-17-27)22-40-18-10-5-3-4-9-13-26-21-36(26,34(43)44)39-33(42)29-19-28(23-41(29)35(40)45)48-31-20-30(47-2)37-32(38-31)25-11-7-6-8-12-25/h6-9,11-17,20,26,28-29H,3-5,10,18-19,21-23H2,1-2H3,(H,39,42)(H,43,44)/b13-9-/t26-,28-,29+,36-/m1/s1. The molecule has 4 atom stereocenters. The van der Waals surface area contributed by atoms with Crippen molar-refractivity contribution >= 4 is 17.9 Å². The Hall–Kier alpha value is -5.13. The molecule has 2 aliphatic heterocycles. The normalized spacial score (nSPS) is 25.1. The molecule has 12 nitrogen and oxygen atoms in total. The molecule has 2 aromatic carbocycles. The lowest BCUT2D eigenvalue weighted by Crippen LogP contribution is -2.55. The molecule has 48 heavy (non-hydrogen) atoms. The Bertz CT molecular complexity index is 1650. The molecule has 1 saturated carbocycles. The Kier molecular flexibility index (Phi) is 9.79. The number of methoxy groups -OCH3 is 2. The predicted octanol–water partition coefficient (Wildman–Crippen LogP) is 4.69. The smallest absolute Gasteiger partial charge is 0.330 e. The Morgan fingerprint density at radius 1 is 1.00 bits per heavy atom. The van der Waals surface area contributed by atoms with Crippen LogP contribution in [0.1, 0.15) is 44.1 Å². The number of rotatable bonds is 8. The number of carbonyl (C=O) groups excluding carboxylic acids is 2. The van der Waals surface area contributed by atoms with Crippen LogP contribution in [-0.4, -0.2) is 87.8 Å². The number of ether oxygens (including phenoxy) is 3. The summed E-state index contributed by atoms with van der Waals surface area (Å²) in [5, 5.41) is 13.0. The number of carbonyl (C=O) groups is 3. The summed E-state index contributed by atoms with van der Waals surface area (Å²) in [6.45, 7) is 0.937. The quantitative estimate of drug-likeness (QED) is 0.330. The van der Waals surface area contributed by atoms with Gasteiger partial charge >= 0.3 is 12.0 Å². The molecular formula is C36H41N5O7. The topological polar surface area (TPSA) is 143 Å². The Labute approximate surface area is 279 Å². The second-order valence-corrected chi connectivity index (χ2v) is 12.5. The van der Waals surface area contributed by atoms with Gasteiger partial charge in [0.25, 0.3) is 0 Å². The van der Waals surface area contributed by atoms with Crippen molar-refractivity contribution in [2.45, 2.75) is 62.8 Å². The van der Waals surface area contributed by atoms with Crippen LogP contribution in [0, 0.1) is 5.92 Å². The third kappa shape index (κ3) is 7.22. The fraction of sp³-hybridized carbons (Fsp3) is 0.417. The molecule has 0 radical (unpaired) electrons. The highest BCUT2D eigenvalue weighted by molar-refractivity contribution is 5.94. The molecule has 3 aliphatic rings. The van der Waals surface area contributed by atoms with Crippen LogP contribution in [0.15, 0.2) is 72.8 Å². The first-order valence-corrected chi connectivity index (χ1v) is 16.4. The molecule has 3 aromatic rings. The number of allylic oxidation sites excluding steroid dienone is 1. The Morgan fingerprint density at radius 2 is 1.77 bits per heavy atom. The van der Waals surface area contributed by atoms with E-state index in [-0.39, 0.29) is 30.8 Å². The van der Waals surface area contributed by atoms with Gasteiger partial charge in [0.05, 0.1) is 26.8 Å². The molecule has 6 rings (SSSR count). The number of aliphatic carboxylic acids is 1. The van der Waals surface area contributed by atoms with Gasteiger partial charge in [0.1, 0.15) is 23.4 Å². The SMILES string of the molecule is COc1ccc(CN2CCCCC/C=C\[C@@H]3C[C@@]3(C(=O)O)NC(=O)[C@@H]3C[C@@H](Oc4cc(OC)nc(-c5ccccc5)n4)CN3C2=O)cc1. The van der Waals surface area contributed by atoms with Crippen LogP contribution in [0.25, 0.3) is 11.4 Å². The number of carboxylic acid groups (broad SMARTS) is 1. The van der Waals surface area contributed by atoms with E-state index >= 15 is 0 Å². The van der Waals surface area contributed by atoms with Gasteiger partial charge in [-0.25, -0.2) is 9.59 Å². The monoisotopic (exact) mass is 655 g/mol. The van der Waals surface area contributed by atoms with Crippen LogP contribution in [0.5, 0.6) is 17.5 Å². The summed E-state index contributed by atoms with van der Waals surface area (Å²) in [7, 11) is 3.11. The molecule has 252 valence electrons. The summed E-state index contributed by atoms with van der Waals surface area (Å²) in [6, 6.07) is 17.3. The minimum Gasteiger partial charge on any atom is -0.497 e. The van der Waals surface area contributed by atoms with Crippen LogP contribution in [0.3, 0.4) is 0 Å². The molecule has 0 bridgehead atoms. The first-order chi connectivity index (χ1) is 23.3. The summed E-state index contributed by atoms with van der Waals surface area (Å²) in [5.74, 6) is -0.229. The van der Waals surface area contributed by atoms with Crippen molar-refractivity contribution in [2.24, 2.45) is 5.92 Å².